The summed E-state index contributed by atoms with van der Waals surface area (Å²) in [6.45, 7) is 0. The van der Waals surface area contributed by atoms with Crippen LogP contribution < -0.4 is 5.32 Å². The largest absolute Gasteiger partial charge is 0.331 e. The molecule has 0 saturated heterocycles. The minimum atomic E-state index is 0.675. The molecule has 0 aliphatic heterocycles. The van der Waals surface area contributed by atoms with Gasteiger partial charge in [0, 0.05) is 4.47 Å². The van der Waals surface area contributed by atoms with Gasteiger partial charge >= 0.3 is 0 Å². The van der Waals surface area contributed by atoms with E-state index in [0.29, 0.717) is 5.02 Å². The Morgan fingerprint density at radius 2 is 2.00 bits per heavy atom. The van der Waals surface area contributed by atoms with Gasteiger partial charge in [-0.1, -0.05) is 44.9 Å². The van der Waals surface area contributed by atoms with Gasteiger partial charge in [-0.3, -0.25) is 0 Å². The van der Waals surface area contributed by atoms with Gasteiger partial charge in [-0.25, -0.2) is 4.98 Å². The first kappa shape index (κ1) is 13.4. The number of hydrogen-bond donors (Lipinski definition) is 1. The molecule has 0 spiro atoms. The lowest BCUT2D eigenvalue weighted by atomic mass is 10.3. The van der Waals surface area contributed by atoms with E-state index in [0.717, 1.165) is 30.0 Å². The van der Waals surface area contributed by atoms with E-state index >= 15 is 0 Å². The predicted octanol–water partition coefficient (Wildman–Crippen LogP) is 6.22. The van der Waals surface area contributed by atoms with E-state index < -0.39 is 0 Å². The molecule has 1 N–H and O–H groups in total. The molecule has 6 heteroatoms. The third-order valence-corrected chi connectivity index (χ3v) is 5.39. The molecule has 19 heavy (non-hydrogen) atoms. The Balaban J connectivity index is 1.99. The van der Waals surface area contributed by atoms with Crippen molar-refractivity contribution in [3.63, 3.8) is 0 Å². The number of benzene rings is 2. The zero-order valence-corrected chi connectivity index (χ0v) is 14.2. The lowest BCUT2D eigenvalue weighted by Gasteiger charge is -2.05. The van der Waals surface area contributed by atoms with Crippen LogP contribution in [0.1, 0.15) is 0 Å². The summed E-state index contributed by atoms with van der Waals surface area (Å²) in [5.74, 6) is 0. The summed E-state index contributed by atoms with van der Waals surface area (Å²) in [5, 5.41) is 4.80. The molecule has 2 nitrogen and oxygen atoms in total. The maximum atomic E-state index is 6.07. The summed E-state index contributed by atoms with van der Waals surface area (Å²) >= 11 is 14.6. The fraction of sp³-hybridized carbons (Fsp3) is 0. The number of nitrogens with one attached hydrogen (secondary N) is 1. The number of halogens is 3. The Bertz CT molecular complexity index is 757. The van der Waals surface area contributed by atoms with E-state index in [-0.39, 0.29) is 0 Å². The Morgan fingerprint density at radius 3 is 2.84 bits per heavy atom. The summed E-state index contributed by atoms with van der Waals surface area (Å²) < 4.78 is 3.02. The molecule has 0 atom stereocenters. The highest BCUT2D eigenvalue weighted by atomic mass is 79.9. The summed E-state index contributed by atoms with van der Waals surface area (Å²) in [6.07, 6.45) is 0. The fourth-order valence-corrected chi connectivity index (χ4v) is 3.42. The van der Waals surface area contributed by atoms with Gasteiger partial charge in [-0.2, -0.15) is 0 Å². The van der Waals surface area contributed by atoms with Crippen molar-refractivity contribution in [2.45, 2.75) is 0 Å². The minimum Gasteiger partial charge on any atom is -0.331 e. The molecule has 0 bridgehead atoms. The quantitative estimate of drug-likeness (QED) is 0.534. The van der Waals surface area contributed by atoms with Crippen molar-refractivity contribution >= 4 is 75.8 Å². The lowest BCUT2D eigenvalue weighted by molar-refractivity contribution is 1.43. The van der Waals surface area contributed by atoms with E-state index in [1.807, 2.05) is 30.3 Å². The molecule has 3 aromatic rings. The maximum absolute atomic E-state index is 6.07. The average molecular weight is 419 g/mol. The zero-order valence-electron chi connectivity index (χ0n) is 9.45. The van der Waals surface area contributed by atoms with Crippen LogP contribution in [-0.4, -0.2) is 4.98 Å². The topological polar surface area (TPSA) is 24.9 Å². The maximum Gasteiger partial charge on any atom is 0.188 e. The lowest BCUT2D eigenvalue weighted by Crippen LogP contribution is -1.90. The monoisotopic (exact) mass is 416 g/mol. The molecule has 0 unspecified atom stereocenters. The third-order valence-electron chi connectivity index (χ3n) is 2.54. The normalized spacial score (nSPS) is 10.9. The van der Waals surface area contributed by atoms with Crippen LogP contribution in [-0.2, 0) is 0 Å². The molecule has 1 heterocycles. The van der Waals surface area contributed by atoms with Gasteiger partial charge in [0.1, 0.15) is 0 Å². The van der Waals surface area contributed by atoms with Crippen LogP contribution >= 0.6 is 54.8 Å². The van der Waals surface area contributed by atoms with Crippen LogP contribution in [0.3, 0.4) is 0 Å². The molecular weight excluding hydrogens is 411 g/mol. The van der Waals surface area contributed by atoms with Crippen LogP contribution in [0.25, 0.3) is 10.2 Å². The molecule has 1 aromatic heterocycles. The number of thiazole rings is 1. The van der Waals surface area contributed by atoms with E-state index in [2.05, 4.69) is 48.2 Å². The van der Waals surface area contributed by atoms with Crippen molar-refractivity contribution < 1.29 is 0 Å². The van der Waals surface area contributed by atoms with E-state index in [1.54, 1.807) is 11.3 Å². The Hall–Kier alpha value is -0.620. The van der Waals surface area contributed by atoms with Crippen LogP contribution in [0, 0.1) is 0 Å². The smallest absolute Gasteiger partial charge is 0.188 e. The molecule has 0 radical (unpaired) electrons. The number of hydrogen-bond acceptors (Lipinski definition) is 3. The molecular formula is C13H7Br2ClN2S. The number of fused-ring (bicyclic) bond motifs is 1. The van der Waals surface area contributed by atoms with Crippen molar-refractivity contribution in [1.82, 2.24) is 4.98 Å². The summed E-state index contributed by atoms with van der Waals surface area (Å²) in [4.78, 5) is 4.55. The van der Waals surface area contributed by atoms with Gasteiger partial charge in [0.15, 0.2) is 5.13 Å². The Labute approximate surface area is 136 Å². The first-order chi connectivity index (χ1) is 9.13. The molecule has 0 aliphatic carbocycles. The van der Waals surface area contributed by atoms with E-state index in [1.165, 1.54) is 0 Å². The Kier molecular flexibility index (Phi) is 3.80. The van der Waals surface area contributed by atoms with Gasteiger partial charge < -0.3 is 5.32 Å². The fourth-order valence-electron chi connectivity index (χ4n) is 1.67. The first-order valence-electron chi connectivity index (χ1n) is 5.40. The van der Waals surface area contributed by atoms with Crippen molar-refractivity contribution in [3.05, 3.63) is 50.4 Å². The highest BCUT2D eigenvalue weighted by molar-refractivity contribution is 9.11. The summed E-state index contributed by atoms with van der Waals surface area (Å²) in [6, 6.07) is 11.8. The van der Waals surface area contributed by atoms with Crippen molar-refractivity contribution in [1.29, 1.82) is 0 Å². The second-order valence-electron chi connectivity index (χ2n) is 3.86. The number of rotatable bonds is 2. The zero-order chi connectivity index (χ0) is 13.4. The number of aromatic nitrogens is 1. The summed E-state index contributed by atoms with van der Waals surface area (Å²) in [5.41, 5.74) is 1.88. The molecule has 3 rings (SSSR count). The van der Waals surface area contributed by atoms with Gasteiger partial charge in [-0.15, -0.1) is 0 Å². The van der Waals surface area contributed by atoms with Crippen LogP contribution in [0.5, 0.6) is 0 Å². The minimum absolute atomic E-state index is 0.675. The van der Waals surface area contributed by atoms with Crippen LogP contribution in [0.15, 0.2) is 45.3 Å². The van der Waals surface area contributed by atoms with E-state index in [4.69, 9.17) is 11.6 Å². The molecule has 0 saturated carbocycles. The van der Waals surface area contributed by atoms with Gasteiger partial charge in [-0.05, 0) is 46.3 Å². The number of nitrogens with zero attached hydrogens (tertiary/aromatic N) is 1. The van der Waals surface area contributed by atoms with E-state index in [9.17, 15) is 0 Å². The second-order valence-corrected chi connectivity index (χ2v) is 7.00. The molecule has 0 aliphatic rings. The Morgan fingerprint density at radius 1 is 1.16 bits per heavy atom. The van der Waals surface area contributed by atoms with Gasteiger partial charge in [0.05, 0.1) is 25.4 Å². The molecule has 2 aromatic carbocycles. The third kappa shape index (κ3) is 2.79. The highest BCUT2D eigenvalue weighted by Gasteiger charge is 2.08. The standard InChI is InChI=1S/C13H7Br2ClN2S/c14-7-4-5-11-10(6-7)18-13(19-11)17-9-3-1-2-8(16)12(9)15/h1-6H,(H,17,18). The van der Waals surface area contributed by atoms with Crippen LogP contribution in [0.2, 0.25) is 5.02 Å². The van der Waals surface area contributed by atoms with Crippen LogP contribution in [0.4, 0.5) is 10.8 Å². The van der Waals surface area contributed by atoms with Crippen molar-refractivity contribution in [3.8, 4) is 0 Å². The van der Waals surface area contributed by atoms with Gasteiger partial charge in [0.25, 0.3) is 0 Å². The molecule has 0 fully saturated rings. The molecule has 96 valence electrons. The van der Waals surface area contributed by atoms with Crippen molar-refractivity contribution in [2.24, 2.45) is 0 Å². The first-order valence-corrected chi connectivity index (χ1v) is 8.18. The highest BCUT2D eigenvalue weighted by Crippen LogP contribution is 2.35. The molecule has 0 amide bonds. The summed E-state index contributed by atoms with van der Waals surface area (Å²) in [7, 11) is 0. The average Bonchev–Trinajstić information content (AvgIpc) is 2.76. The number of anilines is 2. The van der Waals surface area contributed by atoms with Gasteiger partial charge in [0.2, 0.25) is 0 Å². The SMILES string of the molecule is Clc1cccc(Nc2nc3cc(Br)ccc3s2)c1Br. The predicted molar refractivity (Wildman–Crippen MR) is 89.8 cm³/mol. The second kappa shape index (κ2) is 5.40. The van der Waals surface area contributed by atoms with Crippen molar-refractivity contribution in [2.75, 3.05) is 5.32 Å².